The van der Waals surface area contributed by atoms with Crippen molar-refractivity contribution < 1.29 is 0 Å². The van der Waals surface area contributed by atoms with E-state index in [4.69, 9.17) is 0 Å². The molecule has 0 spiro atoms. The summed E-state index contributed by atoms with van der Waals surface area (Å²) in [7, 11) is 0. The summed E-state index contributed by atoms with van der Waals surface area (Å²) >= 11 is 0. The maximum absolute atomic E-state index is 2.41. The van der Waals surface area contributed by atoms with Crippen LogP contribution in [0.15, 0.2) is 54.6 Å². The van der Waals surface area contributed by atoms with E-state index in [0.29, 0.717) is 5.92 Å². The Hall–Kier alpha value is -1.56. The summed E-state index contributed by atoms with van der Waals surface area (Å²) < 4.78 is 0. The molecule has 0 aliphatic carbocycles. The molecule has 0 heteroatoms. The molecule has 1 atom stereocenters. The highest BCUT2D eigenvalue weighted by Gasteiger charge is 1.98. The highest BCUT2D eigenvalue weighted by molar-refractivity contribution is 5.83. The second kappa shape index (κ2) is 11.1. The van der Waals surface area contributed by atoms with E-state index in [-0.39, 0.29) is 0 Å². The summed E-state index contributed by atoms with van der Waals surface area (Å²) in [6, 6.07) is 15.4. The van der Waals surface area contributed by atoms with Crippen molar-refractivity contribution in [2.45, 2.75) is 71.6 Å². The van der Waals surface area contributed by atoms with Gasteiger partial charge in [-0.15, -0.1) is 0 Å². The van der Waals surface area contributed by atoms with Crippen LogP contribution in [-0.2, 0) is 6.42 Å². The fourth-order valence-electron chi connectivity index (χ4n) is 3.32. The Bertz CT molecular complexity index is 608. The van der Waals surface area contributed by atoms with E-state index < -0.39 is 0 Å². The van der Waals surface area contributed by atoms with Crippen LogP contribution in [0.3, 0.4) is 0 Å². The highest BCUT2D eigenvalue weighted by Crippen LogP contribution is 2.17. The number of hydrogen-bond acceptors (Lipinski definition) is 0. The molecule has 2 aromatic carbocycles. The van der Waals surface area contributed by atoms with E-state index in [1.807, 2.05) is 0 Å². The van der Waals surface area contributed by atoms with Crippen LogP contribution in [0.1, 0.15) is 70.8 Å². The SMILES string of the molecule is CCCCCCCCCC(C)C=CCc1ccc2ccccc2c1. The normalized spacial score (nSPS) is 12.9. The quantitative estimate of drug-likeness (QED) is 0.293. The summed E-state index contributed by atoms with van der Waals surface area (Å²) in [6.07, 6.45) is 17.0. The minimum atomic E-state index is 0.709. The number of fused-ring (bicyclic) bond motifs is 1. The van der Waals surface area contributed by atoms with Crippen molar-refractivity contribution in [3.63, 3.8) is 0 Å². The van der Waals surface area contributed by atoms with Crippen LogP contribution in [0.4, 0.5) is 0 Å². The molecular formula is C24H34. The van der Waals surface area contributed by atoms with Crippen LogP contribution in [-0.4, -0.2) is 0 Å². The lowest BCUT2D eigenvalue weighted by Crippen LogP contribution is -1.91. The van der Waals surface area contributed by atoms with Gasteiger partial charge in [0, 0.05) is 0 Å². The van der Waals surface area contributed by atoms with Crippen LogP contribution in [0, 0.1) is 5.92 Å². The van der Waals surface area contributed by atoms with E-state index in [2.05, 4.69) is 68.5 Å². The molecular weight excluding hydrogens is 288 g/mol. The van der Waals surface area contributed by atoms with Gasteiger partial charge in [0.05, 0.1) is 0 Å². The third-order valence-electron chi connectivity index (χ3n) is 4.90. The summed E-state index contributed by atoms with van der Waals surface area (Å²) in [5.74, 6) is 0.709. The van der Waals surface area contributed by atoms with Crippen molar-refractivity contribution in [2.75, 3.05) is 0 Å². The van der Waals surface area contributed by atoms with Crippen molar-refractivity contribution >= 4 is 10.8 Å². The molecule has 0 saturated carbocycles. The molecule has 0 aliphatic rings. The van der Waals surface area contributed by atoms with Crippen molar-refractivity contribution in [3.05, 3.63) is 60.2 Å². The largest absolute Gasteiger partial charge is 0.0854 e. The van der Waals surface area contributed by atoms with Gasteiger partial charge in [-0.05, 0) is 35.1 Å². The molecule has 0 aromatic heterocycles. The molecule has 2 aromatic rings. The lowest BCUT2D eigenvalue weighted by atomic mass is 10.00. The Morgan fingerprint density at radius 3 is 2.33 bits per heavy atom. The Morgan fingerprint density at radius 1 is 0.833 bits per heavy atom. The number of allylic oxidation sites excluding steroid dienone is 2. The summed E-state index contributed by atoms with van der Waals surface area (Å²) in [6.45, 7) is 4.64. The second-order valence-corrected chi connectivity index (χ2v) is 7.20. The summed E-state index contributed by atoms with van der Waals surface area (Å²) in [4.78, 5) is 0. The zero-order valence-corrected chi connectivity index (χ0v) is 15.6. The van der Waals surface area contributed by atoms with Crippen LogP contribution in [0.5, 0.6) is 0 Å². The van der Waals surface area contributed by atoms with Gasteiger partial charge >= 0.3 is 0 Å². The minimum Gasteiger partial charge on any atom is -0.0854 e. The van der Waals surface area contributed by atoms with Gasteiger partial charge in [0.2, 0.25) is 0 Å². The third kappa shape index (κ3) is 6.91. The van der Waals surface area contributed by atoms with E-state index in [1.165, 1.54) is 67.7 Å². The minimum absolute atomic E-state index is 0.709. The van der Waals surface area contributed by atoms with Crippen LogP contribution < -0.4 is 0 Å². The first-order valence-electron chi connectivity index (χ1n) is 9.94. The van der Waals surface area contributed by atoms with E-state index in [1.54, 1.807) is 0 Å². The van der Waals surface area contributed by atoms with E-state index in [0.717, 1.165) is 6.42 Å². The number of unbranched alkanes of at least 4 members (excludes halogenated alkanes) is 6. The lowest BCUT2D eigenvalue weighted by Gasteiger charge is -2.06. The van der Waals surface area contributed by atoms with Crippen LogP contribution in [0.25, 0.3) is 10.8 Å². The van der Waals surface area contributed by atoms with Crippen molar-refractivity contribution in [1.82, 2.24) is 0 Å². The zero-order valence-electron chi connectivity index (χ0n) is 15.6. The summed E-state index contributed by atoms with van der Waals surface area (Å²) in [5, 5.41) is 2.68. The van der Waals surface area contributed by atoms with Gasteiger partial charge in [-0.1, -0.05) is 113 Å². The standard InChI is InChI=1S/C24H34/c1-3-4-5-6-7-8-9-13-21(2)14-12-15-22-18-19-23-16-10-11-17-24(23)20-22/h10-12,14,16-21H,3-9,13,15H2,1-2H3. The Labute approximate surface area is 149 Å². The molecule has 0 radical (unpaired) electrons. The zero-order chi connectivity index (χ0) is 17.0. The molecule has 2 rings (SSSR count). The molecule has 1 unspecified atom stereocenters. The maximum Gasteiger partial charge on any atom is -0.00971 e. The van der Waals surface area contributed by atoms with Gasteiger partial charge in [0.25, 0.3) is 0 Å². The molecule has 0 N–H and O–H groups in total. The van der Waals surface area contributed by atoms with Gasteiger partial charge in [-0.2, -0.15) is 0 Å². The van der Waals surface area contributed by atoms with Gasteiger partial charge in [-0.25, -0.2) is 0 Å². The lowest BCUT2D eigenvalue weighted by molar-refractivity contribution is 0.537. The third-order valence-corrected chi connectivity index (χ3v) is 4.90. The van der Waals surface area contributed by atoms with Crippen molar-refractivity contribution in [3.8, 4) is 0 Å². The maximum atomic E-state index is 2.41. The van der Waals surface area contributed by atoms with Crippen molar-refractivity contribution in [2.24, 2.45) is 5.92 Å². The first-order chi connectivity index (χ1) is 11.8. The van der Waals surface area contributed by atoms with E-state index in [9.17, 15) is 0 Å². The molecule has 0 bridgehead atoms. The molecule has 0 nitrogen and oxygen atoms in total. The predicted molar refractivity (Wildman–Crippen MR) is 109 cm³/mol. The highest BCUT2D eigenvalue weighted by atomic mass is 14.0. The van der Waals surface area contributed by atoms with Gasteiger partial charge < -0.3 is 0 Å². The second-order valence-electron chi connectivity index (χ2n) is 7.20. The molecule has 0 aliphatic heterocycles. The number of benzene rings is 2. The summed E-state index contributed by atoms with van der Waals surface area (Å²) in [5.41, 5.74) is 1.41. The molecule has 130 valence electrons. The molecule has 0 saturated heterocycles. The molecule has 0 amide bonds. The first kappa shape index (κ1) is 18.8. The topological polar surface area (TPSA) is 0 Å². The molecule has 0 fully saturated rings. The number of hydrogen-bond donors (Lipinski definition) is 0. The van der Waals surface area contributed by atoms with E-state index >= 15 is 0 Å². The van der Waals surface area contributed by atoms with Gasteiger partial charge in [-0.3, -0.25) is 0 Å². The fraction of sp³-hybridized carbons (Fsp3) is 0.500. The Kier molecular flexibility index (Phi) is 8.66. The molecule has 24 heavy (non-hydrogen) atoms. The first-order valence-corrected chi connectivity index (χ1v) is 9.94. The van der Waals surface area contributed by atoms with Crippen LogP contribution in [0.2, 0.25) is 0 Å². The van der Waals surface area contributed by atoms with Crippen LogP contribution >= 0.6 is 0 Å². The smallest absolute Gasteiger partial charge is 0.00971 e. The average Bonchev–Trinajstić information content (AvgIpc) is 2.61. The number of rotatable bonds is 11. The van der Waals surface area contributed by atoms with Gasteiger partial charge in [0.1, 0.15) is 0 Å². The van der Waals surface area contributed by atoms with Gasteiger partial charge in [0.15, 0.2) is 0 Å². The molecule has 0 heterocycles. The fourth-order valence-corrected chi connectivity index (χ4v) is 3.32. The average molecular weight is 323 g/mol. The predicted octanol–water partition coefficient (Wildman–Crippen LogP) is 7.72. The Balaban J connectivity index is 1.65. The Morgan fingerprint density at radius 2 is 1.54 bits per heavy atom. The van der Waals surface area contributed by atoms with Crippen molar-refractivity contribution in [1.29, 1.82) is 0 Å². The monoisotopic (exact) mass is 322 g/mol.